The first kappa shape index (κ1) is 17.6. The lowest BCUT2D eigenvalue weighted by atomic mass is 10.1. The Balaban J connectivity index is 2.08. The van der Waals surface area contributed by atoms with E-state index in [1.54, 1.807) is 28.9 Å². The zero-order valence-corrected chi connectivity index (χ0v) is 14.3. The van der Waals surface area contributed by atoms with Gasteiger partial charge in [-0.1, -0.05) is 0 Å². The van der Waals surface area contributed by atoms with Gasteiger partial charge in [-0.3, -0.25) is 4.68 Å². The minimum absolute atomic E-state index is 0.0486. The molecule has 0 saturated carbocycles. The van der Waals surface area contributed by atoms with Gasteiger partial charge in [0.25, 0.3) is 0 Å². The van der Waals surface area contributed by atoms with Crippen molar-refractivity contribution in [3.8, 4) is 45.5 Å². The molecule has 4 N–H and O–H groups in total. The van der Waals surface area contributed by atoms with E-state index in [9.17, 15) is 20.4 Å². The number of benzene rings is 2. The van der Waals surface area contributed by atoms with E-state index in [4.69, 9.17) is 4.74 Å². The van der Waals surface area contributed by atoms with Crippen LogP contribution >= 0.6 is 0 Å². The van der Waals surface area contributed by atoms with E-state index in [0.717, 1.165) is 11.3 Å². The van der Waals surface area contributed by atoms with Gasteiger partial charge in [0.05, 0.1) is 31.1 Å². The average Bonchev–Trinajstić information content (AvgIpc) is 3.04. The number of phenols is 3. The van der Waals surface area contributed by atoms with Gasteiger partial charge in [0.1, 0.15) is 0 Å². The van der Waals surface area contributed by atoms with Crippen molar-refractivity contribution in [3.05, 3.63) is 42.5 Å². The van der Waals surface area contributed by atoms with Crippen LogP contribution in [-0.4, -0.2) is 43.4 Å². The third-order valence-corrected chi connectivity index (χ3v) is 3.92. The molecule has 0 amide bonds. The Morgan fingerprint density at radius 2 is 1.65 bits per heavy atom. The Bertz CT molecular complexity index is 920. The second kappa shape index (κ2) is 7.37. The number of rotatable bonds is 6. The molecule has 3 aromatic rings. The van der Waals surface area contributed by atoms with Gasteiger partial charge in [-0.2, -0.15) is 5.10 Å². The minimum atomic E-state index is -0.232. The van der Waals surface area contributed by atoms with Gasteiger partial charge >= 0.3 is 0 Å². The van der Waals surface area contributed by atoms with Crippen LogP contribution in [0.5, 0.6) is 23.0 Å². The first-order valence-electron chi connectivity index (χ1n) is 8.20. The van der Waals surface area contributed by atoms with Crippen molar-refractivity contribution in [2.75, 3.05) is 13.2 Å². The van der Waals surface area contributed by atoms with Gasteiger partial charge in [0.15, 0.2) is 23.0 Å². The molecule has 0 atom stereocenters. The number of nitrogens with zero attached hydrogens (tertiary/aromatic N) is 2. The standard InChI is InChI=1S/C19H20N2O5/c1-2-26-19-10-13(4-6-17(19)24)15-11-14(20-21(15)7-8-22)12-3-5-16(23)18(25)9-12/h3-6,9-11,22-25H,2,7-8H2,1H3. The quantitative estimate of drug-likeness (QED) is 0.506. The molecule has 0 aliphatic heterocycles. The first-order valence-corrected chi connectivity index (χ1v) is 8.20. The molecule has 0 unspecified atom stereocenters. The van der Waals surface area contributed by atoms with E-state index in [2.05, 4.69) is 5.10 Å². The molecule has 0 radical (unpaired) electrons. The molecule has 3 rings (SSSR count). The maximum atomic E-state index is 9.89. The molecule has 136 valence electrons. The van der Waals surface area contributed by atoms with E-state index in [-0.39, 0.29) is 30.4 Å². The first-order chi connectivity index (χ1) is 12.5. The third kappa shape index (κ3) is 3.43. The minimum Gasteiger partial charge on any atom is -0.504 e. The molecule has 0 aliphatic carbocycles. The molecule has 0 aliphatic rings. The molecule has 0 saturated heterocycles. The van der Waals surface area contributed by atoms with Gasteiger partial charge in [-0.15, -0.1) is 0 Å². The maximum Gasteiger partial charge on any atom is 0.161 e. The molecule has 0 bridgehead atoms. The van der Waals surface area contributed by atoms with Gasteiger partial charge < -0.3 is 25.2 Å². The van der Waals surface area contributed by atoms with Crippen LogP contribution in [0.25, 0.3) is 22.5 Å². The monoisotopic (exact) mass is 356 g/mol. The summed E-state index contributed by atoms with van der Waals surface area (Å²) in [7, 11) is 0. The summed E-state index contributed by atoms with van der Waals surface area (Å²) in [5, 5.41) is 42.9. The largest absolute Gasteiger partial charge is 0.504 e. The molecular weight excluding hydrogens is 336 g/mol. The van der Waals surface area contributed by atoms with Crippen LogP contribution in [0.3, 0.4) is 0 Å². The highest BCUT2D eigenvalue weighted by molar-refractivity contribution is 5.71. The van der Waals surface area contributed by atoms with Crippen molar-refractivity contribution in [2.24, 2.45) is 0 Å². The number of aromatic hydroxyl groups is 3. The highest BCUT2D eigenvalue weighted by Crippen LogP contribution is 2.35. The Morgan fingerprint density at radius 1 is 0.923 bits per heavy atom. The highest BCUT2D eigenvalue weighted by atomic mass is 16.5. The topological polar surface area (TPSA) is 108 Å². The van der Waals surface area contributed by atoms with E-state index < -0.39 is 0 Å². The van der Waals surface area contributed by atoms with Crippen molar-refractivity contribution in [1.82, 2.24) is 9.78 Å². The summed E-state index contributed by atoms with van der Waals surface area (Å²) in [5.74, 6) is -0.0224. The fourth-order valence-electron chi connectivity index (χ4n) is 2.68. The van der Waals surface area contributed by atoms with Crippen molar-refractivity contribution < 1.29 is 25.2 Å². The van der Waals surface area contributed by atoms with Crippen LogP contribution < -0.4 is 4.74 Å². The summed E-state index contributed by atoms with van der Waals surface area (Å²) in [4.78, 5) is 0. The SMILES string of the molecule is CCOc1cc(-c2cc(-c3ccc(O)c(O)c3)nn2CCO)ccc1O. The van der Waals surface area contributed by atoms with Crippen LogP contribution in [0.1, 0.15) is 6.92 Å². The number of aliphatic hydroxyl groups is 1. The van der Waals surface area contributed by atoms with Crippen molar-refractivity contribution in [2.45, 2.75) is 13.5 Å². The summed E-state index contributed by atoms with van der Waals surface area (Å²) in [5.41, 5.74) is 2.70. The molecule has 1 aromatic heterocycles. The number of hydrogen-bond donors (Lipinski definition) is 4. The van der Waals surface area contributed by atoms with Crippen molar-refractivity contribution >= 4 is 0 Å². The molecule has 7 heteroatoms. The summed E-state index contributed by atoms with van der Waals surface area (Å²) in [6.45, 7) is 2.44. The Labute approximate surface area is 150 Å². The lowest BCUT2D eigenvalue weighted by molar-refractivity contribution is 0.270. The van der Waals surface area contributed by atoms with E-state index in [0.29, 0.717) is 23.6 Å². The number of phenolic OH excluding ortho intramolecular Hbond substituents is 3. The fraction of sp³-hybridized carbons (Fsp3) is 0.211. The predicted octanol–water partition coefficient (Wildman–Crippen LogP) is 2.72. The smallest absolute Gasteiger partial charge is 0.161 e. The molecule has 2 aromatic carbocycles. The zero-order chi connectivity index (χ0) is 18.7. The molecule has 0 spiro atoms. The second-order valence-corrected chi connectivity index (χ2v) is 5.68. The summed E-state index contributed by atoms with van der Waals surface area (Å²) in [6.07, 6.45) is 0. The molecule has 26 heavy (non-hydrogen) atoms. The number of aliphatic hydroxyl groups excluding tert-OH is 1. The lowest BCUT2D eigenvalue weighted by Crippen LogP contribution is -2.06. The second-order valence-electron chi connectivity index (χ2n) is 5.68. The fourth-order valence-corrected chi connectivity index (χ4v) is 2.68. The normalized spacial score (nSPS) is 10.8. The van der Waals surface area contributed by atoms with E-state index >= 15 is 0 Å². The number of ether oxygens (including phenoxy) is 1. The lowest BCUT2D eigenvalue weighted by Gasteiger charge is -2.09. The van der Waals surface area contributed by atoms with E-state index in [1.807, 2.05) is 13.0 Å². The number of aromatic nitrogens is 2. The Hall–Kier alpha value is -3.19. The molecule has 1 heterocycles. The number of hydrogen-bond acceptors (Lipinski definition) is 6. The van der Waals surface area contributed by atoms with Crippen LogP contribution in [-0.2, 0) is 6.54 Å². The molecular formula is C19H20N2O5. The Morgan fingerprint density at radius 3 is 2.35 bits per heavy atom. The predicted molar refractivity (Wildman–Crippen MR) is 96.3 cm³/mol. The van der Waals surface area contributed by atoms with Crippen LogP contribution in [0.4, 0.5) is 0 Å². The Kier molecular flexibility index (Phi) is 4.99. The van der Waals surface area contributed by atoms with Gasteiger partial charge in [0.2, 0.25) is 0 Å². The van der Waals surface area contributed by atoms with Crippen molar-refractivity contribution in [3.63, 3.8) is 0 Å². The zero-order valence-electron chi connectivity index (χ0n) is 14.3. The van der Waals surface area contributed by atoms with Crippen LogP contribution in [0, 0.1) is 0 Å². The molecule has 0 fully saturated rings. The maximum absolute atomic E-state index is 9.89. The summed E-state index contributed by atoms with van der Waals surface area (Å²) >= 11 is 0. The van der Waals surface area contributed by atoms with Gasteiger partial charge in [0, 0.05) is 11.1 Å². The molecule has 7 nitrogen and oxygen atoms in total. The summed E-state index contributed by atoms with van der Waals surface area (Å²) in [6, 6.07) is 11.3. The highest BCUT2D eigenvalue weighted by Gasteiger charge is 2.14. The van der Waals surface area contributed by atoms with Crippen LogP contribution in [0.15, 0.2) is 42.5 Å². The van der Waals surface area contributed by atoms with Crippen LogP contribution in [0.2, 0.25) is 0 Å². The third-order valence-electron chi connectivity index (χ3n) is 3.92. The summed E-state index contributed by atoms with van der Waals surface area (Å²) < 4.78 is 7.07. The van der Waals surface area contributed by atoms with Crippen molar-refractivity contribution in [1.29, 1.82) is 0 Å². The van der Waals surface area contributed by atoms with Gasteiger partial charge in [-0.05, 0) is 49.4 Å². The average molecular weight is 356 g/mol. The van der Waals surface area contributed by atoms with Gasteiger partial charge in [-0.25, -0.2) is 0 Å². The van der Waals surface area contributed by atoms with E-state index in [1.165, 1.54) is 12.1 Å².